The van der Waals surface area contributed by atoms with Crippen LogP contribution in [0.4, 0.5) is 5.69 Å². The van der Waals surface area contributed by atoms with Gasteiger partial charge in [0.05, 0.1) is 4.92 Å². The molecule has 0 amide bonds. The maximum atomic E-state index is 11.8. The largest absolute Gasteiger partial charge is 0.299 e. The molecule has 1 aliphatic rings. The summed E-state index contributed by atoms with van der Waals surface area (Å²) in [6.45, 7) is 1.92. The fourth-order valence-corrected chi connectivity index (χ4v) is 2.53. The first-order valence-corrected chi connectivity index (χ1v) is 5.78. The Kier molecular flexibility index (Phi) is 2.96. The average Bonchev–Trinajstić information content (AvgIpc) is 2.59. The van der Waals surface area contributed by atoms with Gasteiger partial charge in [0.25, 0.3) is 5.69 Å². The first-order valence-electron chi connectivity index (χ1n) is 5.78. The molecule has 1 atom stereocenters. The predicted molar refractivity (Wildman–Crippen MR) is 63.8 cm³/mol. The van der Waals surface area contributed by atoms with Crippen LogP contribution in [0.25, 0.3) is 0 Å². The van der Waals surface area contributed by atoms with Gasteiger partial charge in [-0.05, 0) is 19.3 Å². The van der Waals surface area contributed by atoms with Crippen LogP contribution >= 0.6 is 0 Å². The number of ketones is 1. The summed E-state index contributed by atoms with van der Waals surface area (Å²) < 4.78 is 0. The van der Waals surface area contributed by atoms with Crippen LogP contribution < -0.4 is 0 Å². The third kappa shape index (κ3) is 2.20. The summed E-state index contributed by atoms with van der Waals surface area (Å²) in [5, 5.41) is 10.9. The summed E-state index contributed by atoms with van der Waals surface area (Å²) in [4.78, 5) is 22.3. The highest BCUT2D eigenvalue weighted by Gasteiger charge is 2.38. The van der Waals surface area contributed by atoms with Gasteiger partial charge in [0, 0.05) is 23.5 Å². The molecule has 1 aromatic carbocycles. The van der Waals surface area contributed by atoms with Crippen LogP contribution in [0.1, 0.15) is 31.7 Å². The Bertz CT molecular complexity index is 469. The van der Waals surface area contributed by atoms with Crippen molar-refractivity contribution in [1.29, 1.82) is 0 Å². The van der Waals surface area contributed by atoms with Crippen molar-refractivity contribution in [3.05, 3.63) is 39.9 Å². The molecule has 4 nitrogen and oxygen atoms in total. The summed E-state index contributed by atoms with van der Waals surface area (Å²) >= 11 is 0. The second-order valence-electron chi connectivity index (χ2n) is 4.90. The number of nitro benzene ring substituents is 1. The molecule has 0 aromatic heterocycles. The highest BCUT2D eigenvalue weighted by atomic mass is 16.6. The van der Waals surface area contributed by atoms with Gasteiger partial charge in [0.2, 0.25) is 0 Å². The molecular formula is C13H15NO3. The second-order valence-corrected chi connectivity index (χ2v) is 4.90. The Morgan fingerprint density at radius 2 is 2.12 bits per heavy atom. The van der Waals surface area contributed by atoms with Crippen molar-refractivity contribution in [3.8, 4) is 0 Å². The third-order valence-electron chi connectivity index (χ3n) is 3.57. The first kappa shape index (κ1) is 11.8. The van der Waals surface area contributed by atoms with Crippen molar-refractivity contribution < 1.29 is 9.72 Å². The standard InChI is InChI=1S/C13H15NO3/c1-13(8-4-7-12(13)15)9-10-5-2-3-6-11(10)14(16)17/h2-3,5-6H,4,7-9H2,1H3. The van der Waals surface area contributed by atoms with E-state index < -0.39 is 5.41 Å². The Labute approximate surface area is 99.8 Å². The number of hydrogen-bond acceptors (Lipinski definition) is 3. The molecule has 0 heterocycles. The van der Waals surface area contributed by atoms with Gasteiger partial charge in [-0.15, -0.1) is 0 Å². The molecule has 1 aliphatic carbocycles. The van der Waals surface area contributed by atoms with Crippen LogP contribution in [0.5, 0.6) is 0 Å². The first-order chi connectivity index (χ1) is 8.03. The highest BCUT2D eigenvalue weighted by Crippen LogP contribution is 2.39. The number of Topliss-reactive ketones (excluding diaryl/α,β-unsaturated/α-hetero) is 1. The van der Waals surface area contributed by atoms with E-state index in [1.54, 1.807) is 18.2 Å². The minimum Gasteiger partial charge on any atom is -0.299 e. The van der Waals surface area contributed by atoms with E-state index in [-0.39, 0.29) is 16.4 Å². The fraction of sp³-hybridized carbons (Fsp3) is 0.462. The summed E-state index contributed by atoms with van der Waals surface area (Å²) in [7, 11) is 0. The third-order valence-corrected chi connectivity index (χ3v) is 3.57. The van der Waals surface area contributed by atoms with Gasteiger partial charge >= 0.3 is 0 Å². The molecule has 4 heteroatoms. The lowest BCUT2D eigenvalue weighted by atomic mass is 9.81. The smallest absolute Gasteiger partial charge is 0.272 e. The number of hydrogen-bond donors (Lipinski definition) is 0. The number of carbonyl (C=O) groups excluding carboxylic acids is 1. The number of carbonyl (C=O) groups is 1. The molecule has 0 bridgehead atoms. The predicted octanol–water partition coefficient (Wildman–Crippen LogP) is 2.90. The van der Waals surface area contributed by atoms with Crippen LogP contribution in [0.2, 0.25) is 0 Å². The lowest BCUT2D eigenvalue weighted by Gasteiger charge is -2.21. The molecule has 0 radical (unpaired) electrons. The summed E-state index contributed by atoms with van der Waals surface area (Å²) in [6, 6.07) is 6.68. The number of para-hydroxylation sites is 1. The van der Waals surface area contributed by atoms with Gasteiger partial charge in [0.15, 0.2) is 0 Å². The Hall–Kier alpha value is -1.71. The molecule has 1 unspecified atom stereocenters. The highest BCUT2D eigenvalue weighted by molar-refractivity contribution is 5.86. The SMILES string of the molecule is CC1(Cc2ccccc2[N+](=O)[O-])CCCC1=O. The van der Waals surface area contributed by atoms with Gasteiger partial charge in [-0.25, -0.2) is 0 Å². The summed E-state index contributed by atoms with van der Waals surface area (Å²) in [5.41, 5.74) is 0.371. The maximum absolute atomic E-state index is 11.8. The zero-order chi connectivity index (χ0) is 12.5. The van der Waals surface area contributed by atoms with Gasteiger partial charge in [-0.2, -0.15) is 0 Å². The van der Waals surface area contributed by atoms with Crippen LogP contribution in [0.3, 0.4) is 0 Å². The monoisotopic (exact) mass is 233 g/mol. The van der Waals surface area contributed by atoms with Gasteiger partial charge < -0.3 is 0 Å². The van der Waals surface area contributed by atoms with E-state index in [1.807, 2.05) is 6.92 Å². The van der Waals surface area contributed by atoms with Crippen molar-refractivity contribution in [3.63, 3.8) is 0 Å². The quantitative estimate of drug-likeness (QED) is 0.595. The van der Waals surface area contributed by atoms with Crippen molar-refractivity contribution in [2.24, 2.45) is 5.41 Å². The average molecular weight is 233 g/mol. The lowest BCUT2D eigenvalue weighted by molar-refractivity contribution is -0.385. The molecule has 0 spiro atoms. The van der Waals surface area contributed by atoms with E-state index >= 15 is 0 Å². The minimum atomic E-state index is -0.411. The molecule has 1 saturated carbocycles. The van der Waals surface area contributed by atoms with Crippen LogP contribution in [-0.2, 0) is 11.2 Å². The van der Waals surface area contributed by atoms with E-state index in [9.17, 15) is 14.9 Å². The Morgan fingerprint density at radius 3 is 2.71 bits per heavy atom. The number of nitrogens with zero attached hydrogens (tertiary/aromatic N) is 1. The van der Waals surface area contributed by atoms with Gasteiger partial charge in [-0.3, -0.25) is 14.9 Å². The molecule has 1 fully saturated rings. The molecular weight excluding hydrogens is 218 g/mol. The lowest BCUT2D eigenvalue weighted by Crippen LogP contribution is -2.24. The number of rotatable bonds is 3. The summed E-state index contributed by atoms with van der Waals surface area (Å²) in [6.07, 6.45) is 2.81. The van der Waals surface area contributed by atoms with Gasteiger partial charge in [0.1, 0.15) is 5.78 Å². The van der Waals surface area contributed by atoms with E-state index in [2.05, 4.69) is 0 Å². The van der Waals surface area contributed by atoms with E-state index in [1.165, 1.54) is 6.07 Å². The number of nitro groups is 1. The van der Waals surface area contributed by atoms with E-state index in [0.29, 0.717) is 18.4 Å². The number of benzene rings is 1. The molecule has 1 aromatic rings. The molecule has 90 valence electrons. The van der Waals surface area contributed by atoms with Gasteiger partial charge in [-0.1, -0.05) is 25.1 Å². The van der Waals surface area contributed by atoms with E-state index in [4.69, 9.17) is 0 Å². The van der Waals surface area contributed by atoms with E-state index in [0.717, 1.165) is 12.8 Å². The van der Waals surface area contributed by atoms with Crippen LogP contribution in [0, 0.1) is 15.5 Å². The second kappa shape index (κ2) is 4.28. The maximum Gasteiger partial charge on any atom is 0.272 e. The van der Waals surface area contributed by atoms with Crippen molar-refractivity contribution in [2.45, 2.75) is 32.6 Å². The van der Waals surface area contributed by atoms with Crippen LogP contribution in [-0.4, -0.2) is 10.7 Å². The normalized spacial score (nSPS) is 23.9. The zero-order valence-electron chi connectivity index (χ0n) is 9.81. The van der Waals surface area contributed by atoms with Crippen molar-refractivity contribution in [2.75, 3.05) is 0 Å². The molecule has 0 saturated heterocycles. The summed E-state index contributed by atoms with van der Waals surface area (Å²) in [5.74, 6) is 0.232. The molecule has 0 N–H and O–H groups in total. The Balaban J connectivity index is 2.30. The molecule has 0 aliphatic heterocycles. The Morgan fingerprint density at radius 1 is 1.41 bits per heavy atom. The molecule has 17 heavy (non-hydrogen) atoms. The van der Waals surface area contributed by atoms with Crippen molar-refractivity contribution in [1.82, 2.24) is 0 Å². The topological polar surface area (TPSA) is 60.2 Å². The van der Waals surface area contributed by atoms with Crippen molar-refractivity contribution >= 4 is 11.5 Å². The zero-order valence-corrected chi connectivity index (χ0v) is 9.81. The fourth-order valence-electron chi connectivity index (χ4n) is 2.53. The minimum absolute atomic E-state index is 0.119. The molecule has 2 rings (SSSR count). The van der Waals surface area contributed by atoms with Crippen LogP contribution in [0.15, 0.2) is 24.3 Å².